The first kappa shape index (κ1) is 19.8. The second-order valence-electron chi connectivity index (χ2n) is 6.52. The summed E-state index contributed by atoms with van der Waals surface area (Å²) in [6.07, 6.45) is 4.19. The molecular weight excluding hydrogens is 343 g/mol. The molecule has 0 radical (unpaired) electrons. The van der Waals surface area contributed by atoms with Crippen LogP contribution in [-0.4, -0.2) is 38.3 Å². The molecule has 1 aromatic carbocycles. The Kier molecular flexibility index (Phi) is 7.38. The maximum atomic E-state index is 13.7. The zero-order chi connectivity index (χ0) is 18.3. The molecule has 1 heterocycles. The van der Waals surface area contributed by atoms with E-state index in [1.165, 1.54) is 22.5 Å². The number of carbonyl (C=O) groups excluding carboxylic acids is 1. The monoisotopic (exact) mass is 370 g/mol. The first-order chi connectivity index (χ1) is 11.9. The van der Waals surface area contributed by atoms with Gasteiger partial charge >= 0.3 is 0 Å². The van der Waals surface area contributed by atoms with Crippen molar-refractivity contribution in [3.63, 3.8) is 0 Å². The van der Waals surface area contributed by atoms with Crippen LogP contribution in [0.5, 0.6) is 0 Å². The van der Waals surface area contributed by atoms with Crippen molar-refractivity contribution in [3.05, 3.63) is 35.6 Å². The second kappa shape index (κ2) is 9.29. The number of carbonyl (C=O) groups is 1. The molecule has 25 heavy (non-hydrogen) atoms. The molecule has 0 spiro atoms. The maximum absolute atomic E-state index is 13.7. The Bertz CT molecular complexity index is 671. The lowest BCUT2D eigenvalue weighted by Gasteiger charge is -2.30. The van der Waals surface area contributed by atoms with Gasteiger partial charge in [0, 0.05) is 31.1 Å². The second-order valence-corrected chi connectivity index (χ2v) is 8.49. The molecule has 1 fully saturated rings. The van der Waals surface area contributed by atoms with E-state index in [2.05, 4.69) is 12.2 Å². The molecule has 7 heteroatoms. The van der Waals surface area contributed by atoms with Crippen molar-refractivity contribution in [2.24, 2.45) is 5.92 Å². The predicted molar refractivity (Wildman–Crippen MR) is 95.9 cm³/mol. The number of hydrogen-bond acceptors (Lipinski definition) is 3. The molecule has 1 aromatic rings. The third kappa shape index (κ3) is 5.78. The number of piperidine rings is 1. The van der Waals surface area contributed by atoms with E-state index in [4.69, 9.17) is 0 Å². The van der Waals surface area contributed by atoms with Crippen LogP contribution in [0.15, 0.2) is 24.3 Å². The van der Waals surface area contributed by atoms with Gasteiger partial charge in [-0.1, -0.05) is 38.0 Å². The molecule has 1 N–H and O–H groups in total. The summed E-state index contributed by atoms with van der Waals surface area (Å²) in [7, 11) is -3.57. The molecule has 0 unspecified atom stereocenters. The molecule has 0 bridgehead atoms. The summed E-state index contributed by atoms with van der Waals surface area (Å²) in [4.78, 5) is 12.1. The third-order valence-corrected chi connectivity index (χ3v) is 6.42. The highest BCUT2D eigenvalue weighted by molar-refractivity contribution is 7.88. The molecule has 0 saturated carbocycles. The molecule has 1 aliphatic rings. The van der Waals surface area contributed by atoms with E-state index >= 15 is 0 Å². The van der Waals surface area contributed by atoms with E-state index in [1.54, 1.807) is 6.07 Å². The number of sulfonamides is 1. The van der Waals surface area contributed by atoms with Gasteiger partial charge in [0.1, 0.15) is 5.82 Å². The normalized spacial score (nSPS) is 16.7. The van der Waals surface area contributed by atoms with E-state index < -0.39 is 15.8 Å². The average molecular weight is 370 g/mol. The van der Waals surface area contributed by atoms with E-state index in [0.717, 1.165) is 19.3 Å². The van der Waals surface area contributed by atoms with Gasteiger partial charge in [-0.15, -0.1) is 0 Å². The lowest BCUT2D eigenvalue weighted by atomic mass is 9.97. The van der Waals surface area contributed by atoms with Crippen LogP contribution in [0, 0.1) is 11.7 Å². The molecule has 5 nitrogen and oxygen atoms in total. The summed E-state index contributed by atoms with van der Waals surface area (Å²) in [5.41, 5.74) is 0.179. The molecule has 0 atom stereocenters. The quantitative estimate of drug-likeness (QED) is 0.716. The Morgan fingerprint density at radius 2 is 1.92 bits per heavy atom. The van der Waals surface area contributed by atoms with E-state index in [9.17, 15) is 17.6 Å². The van der Waals surface area contributed by atoms with Crippen LogP contribution in [-0.2, 0) is 20.6 Å². The molecule has 1 saturated heterocycles. The smallest absolute Gasteiger partial charge is 0.223 e. The van der Waals surface area contributed by atoms with Crippen molar-refractivity contribution in [3.8, 4) is 0 Å². The number of nitrogens with one attached hydrogen (secondary N) is 1. The average Bonchev–Trinajstić information content (AvgIpc) is 2.60. The van der Waals surface area contributed by atoms with Crippen LogP contribution >= 0.6 is 0 Å². The van der Waals surface area contributed by atoms with Crippen LogP contribution in [0.3, 0.4) is 0 Å². The van der Waals surface area contributed by atoms with Gasteiger partial charge in [0.15, 0.2) is 0 Å². The van der Waals surface area contributed by atoms with E-state index in [-0.39, 0.29) is 23.1 Å². The first-order valence-electron chi connectivity index (χ1n) is 8.93. The lowest BCUT2D eigenvalue weighted by Crippen LogP contribution is -2.43. The highest BCUT2D eigenvalue weighted by Crippen LogP contribution is 2.22. The third-order valence-electron chi connectivity index (χ3n) is 4.59. The maximum Gasteiger partial charge on any atom is 0.223 e. The van der Waals surface area contributed by atoms with Gasteiger partial charge < -0.3 is 5.32 Å². The van der Waals surface area contributed by atoms with Crippen molar-refractivity contribution in [2.75, 3.05) is 19.6 Å². The highest BCUT2D eigenvalue weighted by atomic mass is 32.2. The van der Waals surface area contributed by atoms with Crippen LogP contribution in [0.2, 0.25) is 0 Å². The molecule has 1 amide bonds. The predicted octanol–water partition coefficient (Wildman–Crippen LogP) is 2.67. The minimum absolute atomic E-state index is 0.0160. The lowest BCUT2D eigenvalue weighted by molar-refractivity contribution is -0.126. The van der Waals surface area contributed by atoms with Crippen molar-refractivity contribution in [2.45, 2.75) is 44.8 Å². The summed E-state index contributed by atoms with van der Waals surface area (Å²) in [6.45, 7) is 3.41. The Balaban J connectivity index is 1.84. The molecule has 1 aliphatic heterocycles. The van der Waals surface area contributed by atoms with Gasteiger partial charge in [0.05, 0.1) is 5.75 Å². The Morgan fingerprint density at radius 3 is 2.56 bits per heavy atom. The van der Waals surface area contributed by atoms with Gasteiger partial charge in [-0.3, -0.25) is 4.79 Å². The number of amides is 1. The van der Waals surface area contributed by atoms with Crippen LogP contribution in [0.25, 0.3) is 0 Å². The van der Waals surface area contributed by atoms with Crippen molar-refractivity contribution in [1.29, 1.82) is 0 Å². The SMILES string of the molecule is CCCCCNC(=O)C1CCN(S(=O)(=O)Cc2ccccc2F)CC1. The minimum atomic E-state index is -3.57. The number of unbranched alkanes of at least 4 members (excludes halogenated alkanes) is 2. The Labute approximate surface area is 149 Å². The number of hydrogen-bond donors (Lipinski definition) is 1. The van der Waals surface area contributed by atoms with E-state index in [1.807, 2.05) is 0 Å². The summed E-state index contributed by atoms with van der Waals surface area (Å²) in [5, 5.41) is 2.93. The fraction of sp³-hybridized carbons (Fsp3) is 0.611. The molecule has 0 aliphatic carbocycles. The van der Waals surface area contributed by atoms with Gasteiger partial charge in [0.25, 0.3) is 0 Å². The van der Waals surface area contributed by atoms with Crippen LogP contribution in [0.1, 0.15) is 44.6 Å². The van der Waals surface area contributed by atoms with Gasteiger partial charge in [0.2, 0.25) is 15.9 Å². The summed E-state index contributed by atoms with van der Waals surface area (Å²) in [6, 6.07) is 5.92. The first-order valence-corrected chi connectivity index (χ1v) is 10.5. The molecule has 0 aromatic heterocycles. The topological polar surface area (TPSA) is 66.5 Å². The molecule has 2 rings (SSSR count). The highest BCUT2D eigenvalue weighted by Gasteiger charge is 2.31. The standard InChI is InChI=1S/C18H27FN2O3S/c1-2-3-6-11-20-18(22)15-9-12-21(13-10-15)25(23,24)14-16-7-4-5-8-17(16)19/h4-5,7-8,15H,2-3,6,9-14H2,1H3,(H,20,22). The van der Waals surface area contributed by atoms with Crippen molar-refractivity contribution in [1.82, 2.24) is 9.62 Å². The summed E-state index contributed by atoms with van der Waals surface area (Å²) < 4.78 is 40.0. The molecule has 140 valence electrons. The minimum Gasteiger partial charge on any atom is -0.356 e. The Morgan fingerprint density at radius 1 is 1.24 bits per heavy atom. The van der Waals surface area contributed by atoms with Crippen LogP contribution < -0.4 is 5.32 Å². The largest absolute Gasteiger partial charge is 0.356 e. The number of halogens is 1. The number of nitrogens with zero attached hydrogens (tertiary/aromatic N) is 1. The number of rotatable bonds is 8. The fourth-order valence-electron chi connectivity index (χ4n) is 3.03. The summed E-state index contributed by atoms with van der Waals surface area (Å²) in [5.74, 6) is -0.968. The van der Waals surface area contributed by atoms with E-state index in [0.29, 0.717) is 32.5 Å². The Hall–Kier alpha value is -1.47. The zero-order valence-electron chi connectivity index (χ0n) is 14.7. The fourth-order valence-corrected chi connectivity index (χ4v) is 4.61. The van der Waals surface area contributed by atoms with Crippen LogP contribution in [0.4, 0.5) is 4.39 Å². The zero-order valence-corrected chi connectivity index (χ0v) is 15.5. The number of benzene rings is 1. The van der Waals surface area contributed by atoms with Gasteiger partial charge in [-0.25, -0.2) is 17.1 Å². The van der Waals surface area contributed by atoms with Crippen molar-refractivity contribution < 1.29 is 17.6 Å². The summed E-state index contributed by atoms with van der Waals surface area (Å²) >= 11 is 0. The molecular formula is C18H27FN2O3S. The van der Waals surface area contributed by atoms with Crippen molar-refractivity contribution >= 4 is 15.9 Å². The van der Waals surface area contributed by atoms with Gasteiger partial charge in [-0.05, 0) is 25.3 Å². The van der Waals surface area contributed by atoms with Gasteiger partial charge in [-0.2, -0.15) is 0 Å².